The summed E-state index contributed by atoms with van der Waals surface area (Å²) >= 11 is 3.39. The molecule has 1 unspecified atom stereocenters. The Morgan fingerprint density at radius 1 is 1.16 bits per heavy atom. The van der Waals surface area contributed by atoms with Crippen LogP contribution in [0.25, 0.3) is 0 Å². The van der Waals surface area contributed by atoms with Crippen LogP contribution in [-0.4, -0.2) is 55.8 Å². The summed E-state index contributed by atoms with van der Waals surface area (Å²) in [5.41, 5.74) is 0.414. The van der Waals surface area contributed by atoms with Crippen molar-refractivity contribution in [1.29, 1.82) is 0 Å². The number of benzene rings is 1. The summed E-state index contributed by atoms with van der Waals surface area (Å²) in [5.74, 6) is -0.389. The van der Waals surface area contributed by atoms with Crippen LogP contribution in [0.15, 0.2) is 28.7 Å². The summed E-state index contributed by atoms with van der Waals surface area (Å²) in [4.78, 5) is 26.7. The highest BCUT2D eigenvalue weighted by Gasteiger charge is 2.51. The number of halogens is 1. The Hall–Kier alpha value is -1.41. The number of carbonyl (C=O) groups excluding carboxylic acids is 2. The Kier molecular flexibility index (Phi) is 4.94. The first-order valence-corrected chi connectivity index (χ1v) is 10.9. The van der Waals surface area contributed by atoms with Crippen molar-refractivity contribution in [1.82, 2.24) is 10.2 Å². The molecule has 1 aromatic rings. The van der Waals surface area contributed by atoms with E-state index >= 15 is 0 Å². The molecule has 1 saturated heterocycles. The molecule has 2 amide bonds. The molecule has 1 atom stereocenters. The standard InChI is InChI=1S/C17H21BrN2O4S/c1-12(15(21)20-8-10-25(23,24)11-9-20)19-16(22)17(6-7-17)13-2-4-14(18)5-3-13/h2-5,12H,6-11H2,1H3,(H,19,22). The van der Waals surface area contributed by atoms with E-state index in [1.807, 2.05) is 24.3 Å². The van der Waals surface area contributed by atoms with Crippen molar-refractivity contribution in [3.63, 3.8) is 0 Å². The normalized spacial score (nSPS) is 22.1. The van der Waals surface area contributed by atoms with Gasteiger partial charge in [-0.15, -0.1) is 0 Å². The molecule has 0 aromatic heterocycles. The van der Waals surface area contributed by atoms with Crippen LogP contribution in [0.5, 0.6) is 0 Å². The Morgan fingerprint density at radius 3 is 2.24 bits per heavy atom. The van der Waals surface area contributed by atoms with Gasteiger partial charge in [0.15, 0.2) is 9.84 Å². The number of hydrogen-bond donors (Lipinski definition) is 1. The Morgan fingerprint density at radius 2 is 1.72 bits per heavy atom. The van der Waals surface area contributed by atoms with Crippen LogP contribution in [0.3, 0.4) is 0 Å². The SMILES string of the molecule is CC(NC(=O)C1(c2ccc(Br)cc2)CC1)C(=O)N1CCS(=O)(=O)CC1. The summed E-state index contributed by atoms with van der Waals surface area (Å²) in [6.07, 6.45) is 1.53. The van der Waals surface area contributed by atoms with Crippen molar-refractivity contribution >= 4 is 37.6 Å². The topological polar surface area (TPSA) is 83.6 Å². The number of nitrogens with one attached hydrogen (secondary N) is 1. The second-order valence-electron chi connectivity index (χ2n) is 6.76. The number of sulfone groups is 1. The molecule has 1 saturated carbocycles. The van der Waals surface area contributed by atoms with E-state index in [1.54, 1.807) is 6.92 Å². The lowest BCUT2D eigenvalue weighted by atomic mass is 9.94. The molecular weight excluding hydrogens is 408 g/mol. The predicted molar refractivity (Wildman–Crippen MR) is 97.9 cm³/mol. The van der Waals surface area contributed by atoms with Gasteiger partial charge in [-0.25, -0.2) is 8.42 Å². The van der Waals surface area contributed by atoms with E-state index in [4.69, 9.17) is 0 Å². The number of rotatable bonds is 4. The molecular formula is C17H21BrN2O4S. The molecule has 1 aliphatic heterocycles. The maximum Gasteiger partial charge on any atom is 0.244 e. The van der Waals surface area contributed by atoms with Crippen LogP contribution >= 0.6 is 15.9 Å². The lowest BCUT2D eigenvalue weighted by Crippen LogP contribution is -2.53. The summed E-state index contributed by atoms with van der Waals surface area (Å²) in [5, 5.41) is 2.82. The molecule has 1 aromatic carbocycles. The molecule has 1 N–H and O–H groups in total. The van der Waals surface area contributed by atoms with Crippen molar-refractivity contribution in [2.75, 3.05) is 24.6 Å². The van der Waals surface area contributed by atoms with E-state index in [-0.39, 0.29) is 36.4 Å². The first kappa shape index (κ1) is 18.4. The van der Waals surface area contributed by atoms with Gasteiger partial charge in [-0.1, -0.05) is 28.1 Å². The number of amides is 2. The lowest BCUT2D eigenvalue weighted by Gasteiger charge is -2.30. The van der Waals surface area contributed by atoms with Gasteiger partial charge in [-0.3, -0.25) is 9.59 Å². The Labute approximate surface area is 156 Å². The monoisotopic (exact) mass is 428 g/mol. The first-order valence-electron chi connectivity index (χ1n) is 8.30. The fraction of sp³-hybridized carbons (Fsp3) is 0.529. The van der Waals surface area contributed by atoms with Crippen LogP contribution in [-0.2, 0) is 24.8 Å². The van der Waals surface area contributed by atoms with Crippen molar-refractivity contribution in [3.8, 4) is 0 Å². The lowest BCUT2D eigenvalue weighted by molar-refractivity contribution is -0.136. The summed E-state index contributed by atoms with van der Waals surface area (Å²) < 4.78 is 23.9. The van der Waals surface area contributed by atoms with Crippen LogP contribution in [0.4, 0.5) is 0 Å². The molecule has 1 aliphatic carbocycles. The second-order valence-corrected chi connectivity index (χ2v) is 9.98. The van der Waals surface area contributed by atoms with Gasteiger partial charge in [0.2, 0.25) is 11.8 Å². The fourth-order valence-corrected chi connectivity index (χ4v) is 4.61. The van der Waals surface area contributed by atoms with Gasteiger partial charge in [0, 0.05) is 17.6 Å². The predicted octanol–water partition coefficient (Wildman–Crippen LogP) is 1.24. The van der Waals surface area contributed by atoms with Crippen molar-refractivity contribution in [2.45, 2.75) is 31.2 Å². The summed E-state index contributed by atoms with van der Waals surface area (Å²) in [7, 11) is -3.04. The van der Waals surface area contributed by atoms with Gasteiger partial charge in [-0.05, 0) is 37.5 Å². The van der Waals surface area contributed by atoms with Crippen LogP contribution in [0.1, 0.15) is 25.3 Å². The van der Waals surface area contributed by atoms with E-state index in [9.17, 15) is 18.0 Å². The van der Waals surface area contributed by atoms with Gasteiger partial charge < -0.3 is 10.2 Å². The van der Waals surface area contributed by atoms with Crippen LogP contribution in [0, 0.1) is 0 Å². The molecule has 0 radical (unpaired) electrons. The highest BCUT2D eigenvalue weighted by Crippen LogP contribution is 2.48. The molecule has 0 spiro atoms. The second kappa shape index (κ2) is 6.72. The minimum Gasteiger partial charge on any atom is -0.344 e. The molecule has 3 rings (SSSR count). The van der Waals surface area contributed by atoms with Gasteiger partial charge in [0.25, 0.3) is 0 Å². The minimum atomic E-state index is -3.04. The van der Waals surface area contributed by atoms with E-state index in [0.29, 0.717) is 0 Å². The maximum absolute atomic E-state index is 12.7. The molecule has 1 heterocycles. The number of carbonyl (C=O) groups is 2. The van der Waals surface area contributed by atoms with E-state index in [0.717, 1.165) is 22.9 Å². The Balaban J connectivity index is 1.62. The summed E-state index contributed by atoms with van der Waals surface area (Å²) in [6.45, 7) is 2.04. The van der Waals surface area contributed by atoms with Crippen molar-refractivity contribution < 1.29 is 18.0 Å². The summed E-state index contributed by atoms with van der Waals surface area (Å²) in [6, 6.07) is 7.01. The fourth-order valence-electron chi connectivity index (χ4n) is 3.14. The molecule has 8 heteroatoms. The molecule has 6 nitrogen and oxygen atoms in total. The largest absolute Gasteiger partial charge is 0.344 e. The smallest absolute Gasteiger partial charge is 0.244 e. The molecule has 2 fully saturated rings. The third-order valence-electron chi connectivity index (χ3n) is 4.96. The molecule has 2 aliphatic rings. The van der Waals surface area contributed by atoms with Gasteiger partial charge in [0.1, 0.15) is 6.04 Å². The Bertz CT molecular complexity index is 773. The van der Waals surface area contributed by atoms with Crippen molar-refractivity contribution in [3.05, 3.63) is 34.3 Å². The van der Waals surface area contributed by atoms with Crippen LogP contribution < -0.4 is 5.32 Å². The van der Waals surface area contributed by atoms with Crippen molar-refractivity contribution in [2.24, 2.45) is 0 Å². The van der Waals surface area contributed by atoms with Crippen LogP contribution in [0.2, 0.25) is 0 Å². The first-order chi connectivity index (χ1) is 11.7. The third-order valence-corrected chi connectivity index (χ3v) is 7.09. The molecule has 136 valence electrons. The highest BCUT2D eigenvalue weighted by atomic mass is 79.9. The molecule has 25 heavy (non-hydrogen) atoms. The van der Waals surface area contributed by atoms with Gasteiger partial charge in [0.05, 0.1) is 16.9 Å². The van der Waals surface area contributed by atoms with E-state index < -0.39 is 21.3 Å². The van der Waals surface area contributed by atoms with E-state index in [2.05, 4.69) is 21.2 Å². The third kappa shape index (κ3) is 3.89. The quantitative estimate of drug-likeness (QED) is 0.781. The highest BCUT2D eigenvalue weighted by molar-refractivity contribution is 9.10. The average Bonchev–Trinajstić information content (AvgIpc) is 3.36. The zero-order valence-electron chi connectivity index (χ0n) is 14.0. The number of nitrogens with zero attached hydrogens (tertiary/aromatic N) is 1. The van der Waals surface area contributed by atoms with Gasteiger partial charge in [-0.2, -0.15) is 0 Å². The molecule has 0 bridgehead atoms. The number of hydrogen-bond acceptors (Lipinski definition) is 4. The van der Waals surface area contributed by atoms with E-state index in [1.165, 1.54) is 4.90 Å². The van der Waals surface area contributed by atoms with Gasteiger partial charge >= 0.3 is 0 Å². The maximum atomic E-state index is 12.7. The minimum absolute atomic E-state index is 0.0117. The zero-order valence-corrected chi connectivity index (χ0v) is 16.4. The average molecular weight is 429 g/mol. The zero-order chi connectivity index (χ0) is 18.2.